The highest BCUT2D eigenvalue weighted by atomic mass is 19.1. The number of hydrogen-bond acceptors (Lipinski definition) is 6. The van der Waals surface area contributed by atoms with Crippen LogP contribution in [0, 0.1) is 29.0 Å². The average Bonchev–Trinajstić information content (AvgIpc) is 3.64. The van der Waals surface area contributed by atoms with Crippen LogP contribution in [0.25, 0.3) is 10.8 Å². The van der Waals surface area contributed by atoms with E-state index in [1.165, 1.54) is 13.2 Å². The van der Waals surface area contributed by atoms with Crippen molar-refractivity contribution in [3.05, 3.63) is 83.7 Å². The molecule has 8 nitrogen and oxygen atoms in total. The van der Waals surface area contributed by atoms with Gasteiger partial charge in [-0.1, -0.05) is 54.6 Å². The van der Waals surface area contributed by atoms with Crippen molar-refractivity contribution in [2.24, 2.45) is 23.2 Å². The van der Waals surface area contributed by atoms with Gasteiger partial charge in [0.25, 0.3) is 5.91 Å². The molecule has 2 fully saturated rings. The largest absolute Gasteiger partial charge is 0.496 e. The molecule has 3 aromatic rings. The molecule has 2 saturated carbocycles. The number of amides is 1. The molecule has 230 valence electrons. The minimum Gasteiger partial charge on any atom is -0.496 e. The number of benzene rings is 3. The number of hydrogen-bond donors (Lipinski definition) is 2. The van der Waals surface area contributed by atoms with E-state index >= 15 is 4.39 Å². The summed E-state index contributed by atoms with van der Waals surface area (Å²) in [6.45, 7) is 2.07. The van der Waals surface area contributed by atoms with Gasteiger partial charge in [0.15, 0.2) is 11.6 Å². The smallest absolute Gasteiger partial charge is 0.312 e. The highest BCUT2D eigenvalue weighted by molar-refractivity contribution is 5.98. The lowest BCUT2D eigenvalue weighted by molar-refractivity contribution is -0.159. The van der Waals surface area contributed by atoms with Crippen LogP contribution in [-0.4, -0.2) is 42.2 Å². The number of ether oxygens (including phenoxy) is 3. The molecular formula is C35H36FNO7. The third-order valence-corrected chi connectivity index (χ3v) is 9.60. The molecule has 6 rings (SSSR count). The molecule has 2 N–H and O–H groups in total. The van der Waals surface area contributed by atoms with Crippen molar-refractivity contribution >= 4 is 28.6 Å². The van der Waals surface area contributed by atoms with Crippen LogP contribution >= 0.6 is 0 Å². The number of fused-ring (bicyclic) bond motifs is 3. The van der Waals surface area contributed by atoms with Gasteiger partial charge in [0.2, 0.25) is 0 Å². The zero-order valence-electron chi connectivity index (χ0n) is 24.8. The van der Waals surface area contributed by atoms with E-state index in [4.69, 9.17) is 14.2 Å². The van der Waals surface area contributed by atoms with E-state index in [1.54, 1.807) is 0 Å². The average molecular weight is 602 g/mol. The molecule has 3 aliphatic rings. The summed E-state index contributed by atoms with van der Waals surface area (Å²) in [4.78, 5) is 38.4. The highest BCUT2D eigenvalue weighted by Gasteiger charge is 2.49. The molecule has 1 amide bonds. The number of rotatable bonds is 9. The number of carbonyl (C=O) groups is 3. The van der Waals surface area contributed by atoms with Crippen molar-refractivity contribution in [1.29, 1.82) is 0 Å². The van der Waals surface area contributed by atoms with Crippen LogP contribution in [0.2, 0.25) is 0 Å². The fourth-order valence-electron chi connectivity index (χ4n) is 7.02. The Balaban J connectivity index is 1.09. The van der Waals surface area contributed by atoms with Gasteiger partial charge in [0.05, 0.1) is 30.1 Å². The summed E-state index contributed by atoms with van der Waals surface area (Å²) in [7, 11) is 1.34. The molecule has 0 aromatic heterocycles. The minimum absolute atomic E-state index is 0.0306. The Kier molecular flexibility index (Phi) is 8.05. The Morgan fingerprint density at radius 1 is 1.00 bits per heavy atom. The second-order valence-corrected chi connectivity index (χ2v) is 12.4. The first-order valence-corrected chi connectivity index (χ1v) is 15.1. The zero-order valence-corrected chi connectivity index (χ0v) is 24.8. The van der Waals surface area contributed by atoms with Crippen LogP contribution in [0.1, 0.15) is 54.9 Å². The van der Waals surface area contributed by atoms with Crippen LogP contribution in [0.4, 0.5) is 4.39 Å². The van der Waals surface area contributed by atoms with Gasteiger partial charge in [-0.15, -0.1) is 0 Å². The molecule has 4 atom stereocenters. The van der Waals surface area contributed by atoms with Crippen molar-refractivity contribution < 1.29 is 38.1 Å². The number of halogens is 1. The van der Waals surface area contributed by atoms with Gasteiger partial charge >= 0.3 is 11.9 Å². The maximum absolute atomic E-state index is 15.1. The molecule has 0 heterocycles. The number of carboxylic acids is 1. The molecule has 0 saturated heterocycles. The molecule has 0 aliphatic heterocycles. The van der Waals surface area contributed by atoms with Crippen molar-refractivity contribution in [1.82, 2.24) is 5.32 Å². The number of allylic oxidation sites excluding steroid dienone is 1. The van der Waals surface area contributed by atoms with Crippen LogP contribution in [0.15, 0.2) is 66.7 Å². The van der Waals surface area contributed by atoms with Gasteiger partial charge in [-0.3, -0.25) is 14.4 Å². The molecule has 0 spiro atoms. The fourth-order valence-corrected chi connectivity index (χ4v) is 7.02. The summed E-state index contributed by atoms with van der Waals surface area (Å²) >= 11 is 0. The third kappa shape index (κ3) is 5.63. The lowest BCUT2D eigenvalue weighted by atomic mass is 9.74. The molecule has 2 bridgehead atoms. The van der Waals surface area contributed by atoms with Gasteiger partial charge in [-0.05, 0) is 73.3 Å². The summed E-state index contributed by atoms with van der Waals surface area (Å²) in [5.41, 5.74) is 0.323. The summed E-state index contributed by atoms with van der Waals surface area (Å²) in [6.07, 6.45) is 6.18. The Hall–Kier alpha value is -4.40. The van der Waals surface area contributed by atoms with E-state index < -0.39 is 35.1 Å². The number of carbonyl (C=O) groups excluding carboxylic acids is 2. The SMILES string of the molecule is COc1cc(F)c(OC2CCC(C)(C(=O)OCc3cccc4ccccc34)CC2)cc1C(=O)N[C@H]1[C@@H](C(=O)O)[C@@H]2C=C[C@H]1C2. The molecule has 0 radical (unpaired) electrons. The highest BCUT2D eigenvalue weighted by Crippen LogP contribution is 2.44. The van der Waals surface area contributed by atoms with E-state index in [0.29, 0.717) is 32.1 Å². The summed E-state index contributed by atoms with van der Waals surface area (Å²) < 4.78 is 32.2. The first-order chi connectivity index (χ1) is 21.2. The molecule has 9 heteroatoms. The fraction of sp³-hybridized carbons (Fsp3) is 0.400. The molecule has 0 unspecified atom stereocenters. The van der Waals surface area contributed by atoms with Crippen LogP contribution < -0.4 is 14.8 Å². The van der Waals surface area contributed by atoms with Gasteiger partial charge in [0, 0.05) is 12.1 Å². The lowest BCUT2D eigenvalue weighted by Gasteiger charge is -2.35. The van der Waals surface area contributed by atoms with Crippen LogP contribution in [0.5, 0.6) is 11.5 Å². The van der Waals surface area contributed by atoms with Crippen molar-refractivity contribution in [2.75, 3.05) is 7.11 Å². The minimum atomic E-state index is -0.955. The predicted molar refractivity (Wildman–Crippen MR) is 161 cm³/mol. The summed E-state index contributed by atoms with van der Waals surface area (Å²) in [5, 5.41) is 14.7. The maximum Gasteiger partial charge on any atom is 0.312 e. The van der Waals surface area contributed by atoms with Crippen molar-refractivity contribution in [3.63, 3.8) is 0 Å². The Bertz CT molecular complexity index is 1620. The molecule has 44 heavy (non-hydrogen) atoms. The van der Waals surface area contributed by atoms with Gasteiger partial charge in [-0.25, -0.2) is 4.39 Å². The van der Waals surface area contributed by atoms with E-state index in [2.05, 4.69) is 5.32 Å². The quantitative estimate of drug-likeness (QED) is 0.226. The van der Waals surface area contributed by atoms with Crippen LogP contribution in [0.3, 0.4) is 0 Å². The van der Waals surface area contributed by atoms with E-state index in [0.717, 1.165) is 22.4 Å². The Morgan fingerprint density at radius 3 is 2.48 bits per heavy atom. The standard InChI is InChI=1S/C35H36FNO7/c1-35(34(41)43-19-23-8-5-7-20-6-3-4-9-25(20)23)14-12-24(13-15-35)44-29-17-26(28(42-2)18-27(29)36)32(38)37-31-22-11-10-21(16-22)30(31)33(39)40/h3-11,17-18,21-22,24,30-31H,12-16,19H2,1-2H3,(H,37,38)(H,39,40)/t21-,22+,24?,30+,31-,35?/m1/s1. The monoisotopic (exact) mass is 601 g/mol. The first-order valence-electron chi connectivity index (χ1n) is 15.1. The Labute approximate surface area is 255 Å². The number of carboxylic acid groups (broad SMARTS) is 1. The molecule has 3 aromatic carbocycles. The first kappa shape index (κ1) is 29.7. The van der Waals surface area contributed by atoms with E-state index in [9.17, 15) is 19.5 Å². The normalized spacial score (nSPS) is 27.2. The predicted octanol–water partition coefficient (Wildman–Crippen LogP) is 6.06. The Morgan fingerprint density at radius 2 is 1.73 bits per heavy atom. The summed E-state index contributed by atoms with van der Waals surface area (Å²) in [6, 6.07) is 15.8. The van der Waals surface area contributed by atoms with Crippen LogP contribution in [-0.2, 0) is 20.9 Å². The van der Waals surface area contributed by atoms with Crippen molar-refractivity contribution in [2.45, 2.75) is 57.8 Å². The maximum atomic E-state index is 15.1. The number of esters is 1. The van der Waals surface area contributed by atoms with E-state index in [1.807, 2.05) is 61.5 Å². The van der Waals surface area contributed by atoms with E-state index in [-0.39, 0.29) is 47.6 Å². The third-order valence-electron chi connectivity index (χ3n) is 9.60. The second kappa shape index (κ2) is 11.9. The molecule has 3 aliphatic carbocycles. The second-order valence-electron chi connectivity index (χ2n) is 12.4. The number of nitrogens with one attached hydrogen (secondary N) is 1. The lowest BCUT2D eigenvalue weighted by Crippen LogP contribution is -2.45. The summed E-state index contributed by atoms with van der Waals surface area (Å²) in [5.74, 6) is -3.41. The van der Waals surface area contributed by atoms with Gasteiger partial charge in [-0.2, -0.15) is 0 Å². The van der Waals surface area contributed by atoms with Gasteiger partial charge in [0.1, 0.15) is 12.4 Å². The number of methoxy groups -OCH3 is 1. The topological polar surface area (TPSA) is 111 Å². The molecular weight excluding hydrogens is 565 g/mol. The van der Waals surface area contributed by atoms with Gasteiger partial charge < -0.3 is 24.6 Å². The van der Waals surface area contributed by atoms with Crippen molar-refractivity contribution in [3.8, 4) is 11.5 Å². The zero-order chi connectivity index (χ0) is 31.0. The number of aliphatic carboxylic acids is 1.